The maximum atomic E-state index is 5.90. The van der Waals surface area contributed by atoms with Crippen molar-refractivity contribution in [2.75, 3.05) is 32.7 Å². The van der Waals surface area contributed by atoms with E-state index in [9.17, 15) is 0 Å². The number of anilines is 1. The largest absolute Gasteiger partial charge is 0.382 e. The molecular formula is C12H16BrN3O2. The van der Waals surface area contributed by atoms with Crippen LogP contribution >= 0.6 is 15.9 Å². The fraction of sp³-hybridized carbons (Fsp3) is 0.417. The van der Waals surface area contributed by atoms with E-state index in [1.165, 1.54) is 0 Å². The van der Waals surface area contributed by atoms with Gasteiger partial charge in [0.25, 0.3) is 0 Å². The molecule has 0 unspecified atom stereocenters. The first-order chi connectivity index (χ1) is 8.72. The second-order valence-electron chi connectivity index (χ2n) is 3.86. The fourth-order valence-electron chi connectivity index (χ4n) is 1.75. The van der Waals surface area contributed by atoms with Crippen LogP contribution in [0.4, 0.5) is 5.95 Å². The Kier molecular flexibility index (Phi) is 4.57. The van der Waals surface area contributed by atoms with Crippen molar-refractivity contribution in [3.05, 3.63) is 22.7 Å². The summed E-state index contributed by atoms with van der Waals surface area (Å²) in [6.45, 7) is 2.46. The minimum absolute atomic E-state index is 0.512. The van der Waals surface area contributed by atoms with E-state index >= 15 is 0 Å². The van der Waals surface area contributed by atoms with Gasteiger partial charge in [0.05, 0.1) is 30.9 Å². The number of imidazole rings is 1. The summed E-state index contributed by atoms with van der Waals surface area (Å²) in [5.74, 6) is 0.512. The molecule has 0 spiro atoms. The first kappa shape index (κ1) is 13.3. The zero-order valence-electron chi connectivity index (χ0n) is 10.2. The molecule has 18 heavy (non-hydrogen) atoms. The van der Waals surface area contributed by atoms with Gasteiger partial charge in [-0.25, -0.2) is 4.98 Å². The molecular weight excluding hydrogens is 298 g/mol. The van der Waals surface area contributed by atoms with Crippen molar-refractivity contribution in [3.8, 4) is 0 Å². The standard InChI is InChI=1S/C12H16BrN3O2/c1-17-6-7-18-5-4-16-11-8-9(13)2-3-10(11)15-12(16)14/h2-3,8H,4-7H2,1H3,(H2,14,15). The average Bonchev–Trinajstić information content (AvgIpc) is 2.65. The summed E-state index contributed by atoms with van der Waals surface area (Å²) in [6.07, 6.45) is 0. The number of fused-ring (bicyclic) bond motifs is 1. The number of nitrogens with two attached hydrogens (primary N) is 1. The molecule has 0 radical (unpaired) electrons. The highest BCUT2D eigenvalue weighted by Gasteiger charge is 2.07. The van der Waals surface area contributed by atoms with Gasteiger partial charge in [-0.1, -0.05) is 15.9 Å². The number of halogens is 1. The van der Waals surface area contributed by atoms with Crippen LogP contribution in [0.3, 0.4) is 0 Å². The number of aromatic nitrogens is 2. The molecule has 0 aliphatic heterocycles. The predicted molar refractivity (Wildman–Crippen MR) is 74.5 cm³/mol. The molecule has 0 bridgehead atoms. The summed E-state index contributed by atoms with van der Waals surface area (Å²) < 4.78 is 13.3. The Labute approximate surface area is 114 Å². The molecule has 98 valence electrons. The summed E-state index contributed by atoms with van der Waals surface area (Å²) in [4.78, 5) is 4.31. The zero-order chi connectivity index (χ0) is 13.0. The van der Waals surface area contributed by atoms with E-state index in [-0.39, 0.29) is 0 Å². The van der Waals surface area contributed by atoms with Crippen molar-refractivity contribution in [3.63, 3.8) is 0 Å². The molecule has 0 fully saturated rings. The van der Waals surface area contributed by atoms with Crippen LogP contribution in [-0.2, 0) is 16.0 Å². The van der Waals surface area contributed by atoms with E-state index < -0.39 is 0 Å². The number of nitrogens with zero attached hydrogens (tertiary/aromatic N) is 2. The number of nitrogen functional groups attached to an aromatic ring is 1. The molecule has 0 aliphatic rings. The Morgan fingerprint density at radius 2 is 2.17 bits per heavy atom. The van der Waals surface area contributed by atoms with E-state index in [4.69, 9.17) is 15.2 Å². The lowest BCUT2D eigenvalue weighted by molar-refractivity contribution is 0.0671. The summed E-state index contributed by atoms with van der Waals surface area (Å²) in [5.41, 5.74) is 7.81. The second kappa shape index (κ2) is 6.17. The number of rotatable bonds is 6. The highest BCUT2D eigenvalue weighted by molar-refractivity contribution is 9.10. The highest BCUT2D eigenvalue weighted by atomic mass is 79.9. The number of methoxy groups -OCH3 is 1. The van der Waals surface area contributed by atoms with Gasteiger partial charge >= 0.3 is 0 Å². The molecule has 0 amide bonds. The van der Waals surface area contributed by atoms with E-state index in [2.05, 4.69) is 20.9 Å². The van der Waals surface area contributed by atoms with Gasteiger partial charge in [0.1, 0.15) is 0 Å². The van der Waals surface area contributed by atoms with Gasteiger partial charge in [-0.3, -0.25) is 0 Å². The maximum absolute atomic E-state index is 5.90. The van der Waals surface area contributed by atoms with Crippen LogP contribution in [0.2, 0.25) is 0 Å². The van der Waals surface area contributed by atoms with Crippen LogP contribution < -0.4 is 5.73 Å². The monoisotopic (exact) mass is 313 g/mol. The Morgan fingerprint density at radius 1 is 1.33 bits per heavy atom. The lowest BCUT2D eigenvalue weighted by atomic mass is 10.3. The van der Waals surface area contributed by atoms with E-state index in [1.54, 1.807) is 7.11 Å². The zero-order valence-corrected chi connectivity index (χ0v) is 11.8. The Hall–Kier alpha value is -1.11. The molecule has 2 rings (SSSR count). The van der Waals surface area contributed by atoms with Crippen LogP contribution in [0.25, 0.3) is 11.0 Å². The highest BCUT2D eigenvalue weighted by Crippen LogP contribution is 2.21. The molecule has 2 N–H and O–H groups in total. The van der Waals surface area contributed by atoms with Gasteiger partial charge < -0.3 is 19.8 Å². The van der Waals surface area contributed by atoms with Crippen molar-refractivity contribution in [1.82, 2.24) is 9.55 Å². The van der Waals surface area contributed by atoms with Crippen LogP contribution in [0.5, 0.6) is 0 Å². The van der Waals surface area contributed by atoms with Gasteiger partial charge in [-0.05, 0) is 18.2 Å². The minimum Gasteiger partial charge on any atom is -0.382 e. The topological polar surface area (TPSA) is 62.3 Å². The average molecular weight is 314 g/mol. The summed E-state index contributed by atoms with van der Waals surface area (Å²) in [5, 5.41) is 0. The number of ether oxygens (including phenoxy) is 2. The molecule has 2 aromatic rings. The van der Waals surface area contributed by atoms with Gasteiger partial charge in [-0.15, -0.1) is 0 Å². The molecule has 6 heteroatoms. The van der Waals surface area contributed by atoms with Gasteiger partial charge in [0.2, 0.25) is 5.95 Å². The lowest BCUT2D eigenvalue weighted by Crippen LogP contribution is -2.11. The van der Waals surface area contributed by atoms with Crippen LogP contribution in [0.15, 0.2) is 22.7 Å². The Morgan fingerprint density at radius 3 is 2.94 bits per heavy atom. The molecule has 1 heterocycles. The third kappa shape index (κ3) is 3.01. The lowest BCUT2D eigenvalue weighted by Gasteiger charge is -2.07. The molecule has 1 aromatic carbocycles. The van der Waals surface area contributed by atoms with Crippen molar-refractivity contribution < 1.29 is 9.47 Å². The Bertz CT molecular complexity index is 527. The quantitative estimate of drug-likeness (QED) is 0.829. The van der Waals surface area contributed by atoms with Gasteiger partial charge in [0.15, 0.2) is 0 Å². The third-order valence-corrected chi connectivity index (χ3v) is 3.12. The third-order valence-electron chi connectivity index (χ3n) is 2.63. The Balaban J connectivity index is 2.07. The number of benzene rings is 1. The smallest absolute Gasteiger partial charge is 0.201 e. The normalized spacial score (nSPS) is 11.2. The summed E-state index contributed by atoms with van der Waals surface area (Å²) in [7, 11) is 1.66. The first-order valence-corrected chi connectivity index (χ1v) is 6.49. The van der Waals surface area contributed by atoms with E-state index in [0.717, 1.165) is 15.5 Å². The molecule has 0 atom stereocenters. The number of hydrogen-bond donors (Lipinski definition) is 1. The van der Waals surface area contributed by atoms with Crippen molar-refractivity contribution >= 4 is 32.9 Å². The maximum Gasteiger partial charge on any atom is 0.201 e. The number of hydrogen-bond acceptors (Lipinski definition) is 4. The van der Waals surface area contributed by atoms with Crippen LogP contribution in [0, 0.1) is 0 Å². The predicted octanol–water partition coefficient (Wildman–Crippen LogP) is 2.04. The van der Waals surface area contributed by atoms with E-state index in [1.807, 2.05) is 22.8 Å². The molecule has 0 saturated heterocycles. The summed E-state index contributed by atoms with van der Waals surface area (Å²) >= 11 is 3.45. The van der Waals surface area contributed by atoms with Gasteiger partial charge in [0, 0.05) is 18.1 Å². The van der Waals surface area contributed by atoms with E-state index in [0.29, 0.717) is 32.3 Å². The SMILES string of the molecule is COCCOCCn1c(N)nc2ccc(Br)cc21. The van der Waals surface area contributed by atoms with Crippen LogP contribution in [-0.4, -0.2) is 36.5 Å². The fourth-order valence-corrected chi connectivity index (χ4v) is 2.10. The van der Waals surface area contributed by atoms with Crippen molar-refractivity contribution in [1.29, 1.82) is 0 Å². The van der Waals surface area contributed by atoms with Crippen molar-refractivity contribution in [2.45, 2.75) is 6.54 Å². The molecule has 0 saturated carbocycles. The molecule has 1 aromatic heterocycles. The molecule has 0 aliphatic carbocycles. The minimum atomic E-state index is 0.512. The first-order valence-electron chi connectivity index (χ1n) is 5.70. The van der Waals surface area contributed by atoms with Gasteiger partial charge in [-0.2, -0.15) is 0 Å². The molecule has 5 nitrogen and oxygen atoms in total. The summed E-state index contributed by atoms with van der Waals surface area (Å²) in [6, 6.07) is 5.90. The second-order valence-corrected chi connectivity index (χ2v) is 4.78. The van der Waals surface area contributed by atoms with Crippen LogP contribution in [0.1, 0.15) is 0 Å². The van der Waals surface area contributed by atoms with Crippen molar-refractivity contribution in [2.24, 2.45) is 0 Å².